The average molecular weight is 323 g/mol. The van der Waals surface area contributed by atoms with Gasteiger partial charge in [0.2, 0.25) is 0 Å². The van der Waals surface area contributed by atoms with Crippen molar-refractivity contribution in [2.45, 2.75) is 40.0 Å². The van der Waals surface area contributed by atoms with Crippen LogP contribution >= 0.6 is 0 Å². The number of Topliss-reactive ketones (excluding diaryl/α,β-unsaturated/α-hetero) is 2. The third-order valence-electron chi connectivity index (χ3n) is 3.95. The van der Waals surface area contributed by atoms with Gasteiger partial charge in [-0.2, -0.15) is 0 Å². The van der Waals surface area contributed by atoms with Gasteiger partial charge in [0.25, 0.3) is 0 Å². The van der Waals surface area contributed by atoms with Crippen molar-refractivity contribution in [1.82, 2.24) is 0 Å². The predicted molar refractivity (Wildman–Crippen MR) is 85.9 cm³/mol. The maximum absolute atomic E-state index is 12.8. The predicted octanol–water partition coefficient (Wildman–Crippen LogP) is 2.32. The van der Waals surface area contributed by atoms with Gasteiger partial charge in [0.15, 0.2) is 5.78 Å². The van der Waals surface area contributed by atoms with E-state index in [1.165, 1.54) is 13.2 Å². The second-order valence-corrected chi connectivity index (χ2v) is 6.34. The SMILES string of the molecule is C=CCO/N=C1/CC(C)(C)[C@@H](C(=O)OC)C(=O)[C@H]1C(=O)CCC. The van der Waals surface area contributed by atoms with Crippen molar-refractivity contribution >= 4 is 23.2 Å². The highest BCUT2D eigenvalue weighted by Gasteiger charge is 2.52. The Morgan fingerprint density at radius 1 is 1.43 bits per heavy atom. The molecule has 0 unspecified atom stereocenters. The smallest absolute Gasteiger partial charge is 0.316 e. The van der Waals surface area contributed by atoms with E-state index in [-0.39, 0.29) is 18.8 Å². The Kier molecular flexibility index (Phi) is 6.66. The van der Waals surface area contributed by atoms with E-state index in [2.05, 4.69) is 11.7 Å². The van der Waals surface area contributed by atoms with Gasteiger partial charge in [0.1, 0.15) is 24.2 Å². The number of rotatable bonds is 7. The number of hydrogen-bond donors (Lipinski definition) is 0. The molecule has 0 spiro atoms. The van der Waals surface area contributed by atoms with Crippen LogP contribution in [0.5, 0.6) is 0 Å². The number of carbonyl (C=O) groups excluding carboxylic acids is 3. The first-order valence-corrected chi connectivity index (χ1v) is 7.74. The molecule has 0 aromatic heterocycles. The maximum atomic E-state index is 12.8. The first-order chi connectivity index (χ1) is 10.8. The molecule has 6 heteroatoms. The fraction of sp³-hybridized carbons (Fsp3) is 0.647. The van der Waals surface area contributed by atoms with Crippen LogP contribution in [0.25, 0.3) is 0 Å². The second kappa shape index (κ2) is 8.04. The van der Waals surface area contributed by atoms with Crippen molar-refractivity contribution in [2.75, 3.05) is 13.7 Å². The molecule has 23 heavy (non-hydrogen) atoms. The van der Waals surface area contributed by atoms with Gasteiger partial charge in [-0.15, -0.1) is 0 Å². The molecule has 1 aliphatic rings. The Bertz CT molecular complexity index is 521. The number of carbonyl (C=O) groups is 3. The van der Waals surface area contributed by atoms with E-state index in [1.807, 2.05) is 6.92 Å². The highest BCUT2D eigenvalue weighted by molar-refractivity contribution is 6.26. The van der Waals surface area contributed by atoms with Gasteiger partial charge in [-0.1, -0.05) is 38.6 Å². The molecule has 2 atom stereocenters. The maximum Gasteiger partial charge on any atom is 0.316 e. The van der Waals surface area contributed by atoms with Gasteiger partial charge in [0, 0.05) is 6.42 Å². The van der Waals surface area contributed by atoms with E-state index in [0.29, 0.717) is 18.6 Å². The summed E-state index contributed by atoms with van der Waals surface area (Å²) in [5.41, 5.74) is -0.316. The summed E-state index contributed by atoms with van der Waals surface area (Å²) in [6.07, 6.45) is 2.72. The number of nitrogens with zero attached hydrogens (tertiary/aromatic N) is 1. The van der Waals surface area contributed by atoms with E-state index in [1.54, 1.807) is 13.8 Å². The number of esters is 1. The van der Waals surface area contributed by atoms with Gasteiger partial charge in [-0.25, -0.2) is 0 Å². The Hall–Kier alpha value is -1.98. The summed E-state index contributed by atoms with van der Waals surface area (Å²) in [4.78, 5) is 42.4. The molecular formula is C17H25NO5. The number of ether oxygens (including phenoxy) is 1. The van der Waals surface area contributed by atoms with Gasteiger partial charge in [-0.05, 0) is 18.3 Å². The minimum absolute atomic E-state index is 0.188. The van der Waals surface area contributed by atoms with Crippen LogP contribution in [0, 0.1) is 17.3 Å². The summed E-state index contributed by atoms with van der Waals surface area (Å²) in [5.74, 6) is -3.30. The molecule has 0 heterocycles. The van der Waals surface area contributed by atoms with Crippen molar-refractivity contribution in [3.8, 4) is 0 Å². The third kappa shape index (κ3) is 4.27. The molecule has 0 radical (unpaired) electrons. The van der Waals surface area contributed by atoms with Crippen LogP contribution in [0.1, 0.15) is 40.0 Å². The molecule has 1 saturated carbocycles. The molecule has 6 nitrogen and oxygen atoms in total. The summed E-state index contributed by atoms with van der Waals surface area (Å²) in [7, 11) is 1.24. The Labute approximate surface area is 136 Å². The Morgan fingerprint density at radius 2 is 2.09 bits per heavy atom. The molecule has 0 saturated heterocycles. The zero-order valence-electron chi connectivity index (χ0n) is 14.3. The summed E-state index contributed by atoms with van der Waals surface area (Å²) in [5, 5.41) is 3.97. The van der Waals surface area contributed by atoms with Crippen molar-refractivity contribution in [2.24, 2.45) is 22.4 Å². The quantitative estimate of drug-likeness (QED) is 0.236. The molecule has 0 bridgehead atoms. The van der Waals surface area contributed by atoms with E-state index in [9.17, 15) is 14.4 Å². The molecule has 0 aromatic rings. The highest BCUT2D eigenvalue weighted by atomic mass is 16.6. The first-order valence-electron chi connectivity index (χ1n) is 7.74. The van der Waals surface area contributed by atoms with Crippen LogP contribution in [0.3, 0.4) is 0 Å². The van der Waals surface area contributed by atoms with E-state index in [4.69, 9.17) is 9.57 Å². The molecule has 0 amide bonds. The Balaban J connectivity index is 3.23. The molecule has 1 aliphatic carbocycles. The van der Waals surface area contributed by atoms with E-state index < -0.39 is 29.0 Å². The lowest BCUT2D eigenvalue weighted by molar-refractivity contribution is -0.156. The lowest BCUT2D eigenvalue weighted by Gasteiger charge is -2.39. The summed E-state index contributed by atoms with van der Waals surface area (Å²) in [6.45, 7) is 9.15. The minimum Gasteiger partial charge on any atom is -0.468 e. The lowest BCUT2D eigenvalue weighted by Crippen LogP contribution is -2.52. The van der Waals surface area contributed by atoms with Crippen LogP contribution < -0.4 is 0 Å². The number of methoxy groups -OCH3 is 1. The van der Waals surface area contributed by atoms with Gasteiger partial charge >= 0.3 is 5.97 Å². The van der Waals surface area contributed by atoms with Crippen molar-refractivity contribution in [1.29, 1.82) is 0 Å². The van der Waals surface area contributed by atoms with Crippen molar-refractivity contribution in [3.05, 3.63) is 12.7 Å². The molecule has 128 valence electrons. The average Bonchev–Trinajstić information content (AvgIpc) is 2.46. The van der Waals surface area contributed by atoms with Crippen LogP contribution in [0.4, 0.5) is 0 Å². The van der Waals surface area contributed by atoms with Gasteiger partial charge < -0.3 is 9.57 Å². The topological polar surface area (TPSA) is 82.0 Å². The monoisotopic (exact) mass is 323 g/mol. The zero-order valence-corrected chi connectivity index (χ0v) is 14.3. The number of oxime groups is 1. The van der Waals surface area contributed by atoms with Gasteiger partial charge in [0.05, 0.1) is 12.8 Å². The summed E-state index contributed by atoms with van der Waals surface area (Å²) < 4.78 is 4.76. The summed E-state index contributed by atoms with van der Waals surface area (Å²) in [6, 6.07) is 0. The third-order valence-corrected chi connectivity index (χ3v) is 3.95. The van der Waals surface area contributed by atoms with Gasteiger partial charge in [-0.3, -0.25) is 14.4 Å². The molecule has 0 aromatic carbocycles. The minimum atomic E-state index is -1.03. The number of ketones is 2. The van der Waals surface area contributed by atoms with E-state index in [0.717, 1.165) is 0 Å². The van der Waals surface area contributed by atoms with Crippen LogP contribution in [0.15, 0.2) is 17.8 Å². The fourth-order valence-electron chi connectivity index (χ4n) is 2.93. The zero-order chi connectivity index (χ0) is 17.6. The highest BCUT2D eigenvalue weighted by Crippen LogP contribution is 2.41. The standard InChI is InChI=1S/C17H25NO5/c1-6-8-12(19)13-11(18-23-9-7-2)10-17(3,4)14(15(13)20)16(21)22-5/h7,13-14H,2,6,8-10H2,1,3-5H3/b18-11-/t13-,14-/m1/s1. The molecule has 0 aliphatic heterocycles. The number of hydrogen-bond acceptors (Lipinski definition) is 6. The second-order valence-electron chi connectivity index (χ2n) is 6.34. The molecule has 1 rings (SSSR count). The van der Waals surface area contributed by atoms with Crippen LogP contribution in [0.2, 0.25) is 0 Å². The molecule has 1 fully saturated rings. The first kappa shape index (κ1) is 19.1. The fourth-order valence-corrected chi connectivity index (χ4v) is 2.93. The van der Waals surface area contributed by atoms with Crippen LogP contribution in [-0.2, 0) is 24.0 Å². The summed E-state index contributed by atoms with van der Waals surface area (Å²) >= 11 is 0. The molecule has 0 N–H and O–H groups in total. The Morgan fingerprint density at radius 3 is 2.61 bits per heavy atom. The lowest BCUT2D eigenvalue weighted by atomic mass is 9.62. The largest absolute Gasteiger partial charge is 0.468 e. The normalized spacial score (nSPS) is 25.0. The van der Waals surface area contributed by atoms with Crippen molar-refractivity contribution < 1.29 is 24.0 Å². The molecular weight excluding hydrogens is 298 g/mol. The van der Waals surface area contributed by atoms with Crippen LogP contribution in [-0.4, -0.2) is 37.0 Å². The van der Waals surface area contributed by atoms with Crippen molar-refractivity contribution in [3.63, 3.8) is 0 Å². The van der Waals surface area contributed by atoms with E-state index >= 15 is 0 Å².